The summed E-state index contributed by atoms with van der Waals surface area (Å²) in [4.78, 5) is 23.6. The van der Waals surface area contributed by atoms with Crippen LogP contribution in [-0.4, -0.2) is 22.0 Å². The van der Waals surface area contributed by atoms with Gasteiger partial charge in [0.1, 0.15) is 0 Å². The highest BCUT2D eigenvalue weighted by Crippen LogP contribution is 2.21. The fourth-order valence-electron chi connectivity index (χ4n) is 1.93. The zero-order chi connectivity index (χ0) is 16.1. The van der Waals surface area contributed by atoms with E-state index in [1.165, 1.54) is 0 Å². The molecule has 22 heavy (non-hydrogen) atoms. The number of aromatic nitrogens is 2. The van der Waals surface area contributed by atoms with E-state index in [1.54, 1.807) is 19.1 Å². The number of amides is 2. The second-order valence-electron chi connectivity index (χ2n) is 5.02. The summed E-state index contributed by atoms with van der Waals surface area (Å²) >= 11 is 0. The van der Waals surface area contributed by atoms with Crippen molar-refractivity contribution in [1.82, 2.24) is 10.2 Å². The van der Waals surface area contributed by atoms with Gasteiger partial charge in [0, 0.05) is 23.5 Å². The lowest BCUT2D eigenvalue weighted by molar-refractivity contribution is -0.115. The van der Waals surface area contributed by atoms with Crippen LogP contribution in [0.25, 0.3) is 0 Å². The van der Waals surface area contributed by atoms with Gasteiger partial charge in [-0.3, -0.25) is 14.7 Å². The summed E-state index contributed by atoms with van der Waals surface area (Å²) in [5, 5.41) is 12.4. The van der Waals surface area contributed by atoms with E-state index in [4.69, 9.17) is 0 Å². The van der Waals surface area contributed by atoms with E-state index in [9.17, 15) is 9.59 Å². The number of rotatable bonds is 5. The van der Waals surface area contributed by atoms with Crippen LogP contribution in [0.2, 0.25) is 0 Å². The maximum Gasteiger partial charge on any atom is 0.276 e. The van der Waals surface area contributed by atoms with Gasteiger partial charge in [-0.2, -0.15) is 5.10 Å². The van der Waals surface area contributed by atoms with Crippen LogP contribution < -0.4 is 10.6 Å². The summed E-state index contributed by atoms with van der Waals surface area (Å²) in [5.74, 6) is -0.348. The van der Waals surface area contributed by atoms with Crippen LogP contribution in [0.3, 0.4) is 0 Å². The van der Waals surface area contributed by atoms with Crippen LogP contribution in [0.1, 0.15) is 42.0 Å². The fourth-order valence-corrected chi connectivity index (χ4v) is 1.93. The summed E-state index contributed by atoms with van der Waals surface area (Å²) in [7, 11) is 0. The van der Waals surface area contributed by atoms with E-state index in [0.29, 0.717) is 23.5 Å². The summed E-state index contributed by atoms with van der Waals surface area (Å²) in [6.07, 6.45) is 1.19. The van der Waals surface area contributed by atoms with E-state index < -0.39 is 0 Å². The van der Waals surface area contributed by atoms with Crippen LogP contribution in [0.5, 0.6) is 0 Å². The molecule has 0 saturated heterocycles. The molecule has 6 heteroatoms. The SMILES string of the molecule is CCC(=O)Nc1ccc(C)c(NC(=O)c2cc(CC)[nH]n2)c1. The molecule has 2 rings (SSSR count). The van der Waals surface area contributed by atoms with Gasteiger partial charge in [0.05, 0.1) is 0 Å². The molecule has 2 aromatic rings. The van der Waals surface area contributed by atoms with Crippen LogP contribution in [0, 0.1) is 6.92 Å². The molecule has 0 fully saturated rings. The van der Waals surface area contributed by atoms with Crippen molar-refractivity contribution in [2.75, 3.05) is 10.6 Å². The number of anilines is 2. The van der Waals surface area contributed by atoms with Crippen molar-refractivity contribution in [3.05, 3.63) is 41.2 Å². The van der Waals surface area contributed by atoms with Crippen LogP contribution in [-0.2, 0) is 11.2 Å². The predicted molar refractivity (Wildman–Crippen MR) is 86.0 cm³/mol. The number of carbonyl (C=O) groups is 2. The quantitative estimate of drug-likeness (QED) is 0.793. The topological polar surface area (TPSA) is 86.9 Å². The molecule has 0 aliphatic rings. The average Bonchev–Trinajstić information content (AvgIpc) is 2.99. The zero-order valence-corrected chi connectivity index (χ0v) is 13.0. The van der Waals surface area contributed by atoms with E-state index in [2.05, 4.69) is 20.8 Å². The molecule has 0 unspecified atom stereocenters. The summed E-state index contributed by atoms with van der Waals surface area (Å²) in [6, 6.07) is 7.13. The third kappa shape index (κ3) is 3.72. The minimum absolute atomic E-state index is 0.0685. The Hall–Kier alpha value is -2.63. The van der Waals surface area contributed by atoms with Crippen molar-refractivity contribution in [2.45, 2.75) is 33.6 Å². The lowest BCUT2D eigenvalue weighted by atomic mass is 10.1. The van der Waals surface area contributed by atoms with Gasteiger partial charge in [0.15, 0.2) is 5.69 Å². The van der Waals surface area contributed by atoms with Crippen LogP contribution in [0.15, 0.2) is 24.3 Å². The molecule has 0 aliphatic heterocycles. The van der Waals surface area contributed by atoms with E-state index in [0.717, 1.165) is 17.7 Å². The molecule has 1 aromatic heterocycles. The normalized spacial score (nSPS) is 10.3. The van der Waals surface area contributed by atoms with Gasteiger partial charge in [-0.1, -0.05) is 19.9 Å². The smallest absolute Gasteiger partial charge is 0.276 e. The summed E-state index contributed by atoms with van der Waals surface area (Å²) < 4.78 is 0. The molecule has 0 spiro atoms. The first-order chi connectivity index (χ1) is 10.5. The number of hydrogen-bond acceptors (Lipinski definition) is 3. The van der Waals surface area contributed by atoms with E-state index in [-0.39, 0.29) is 11.8 Å². The summed E-state index contributed by atoms with van der Waals surface area (Å²) in [6.45, 7) is 5.66. The Kier molecular flexibility index (Phi) is 4.93. The Morgan fingerprint density at radius 3 is 2.59 bits per heavy atom. The first-order valence-electron chi connectivity index (χ1n) is 7.29. The summed E-state index contributed by atoms with van der Waals surface area (Å²) in [5.41, 5.74) is 3.48. The first-order valence-corrected chi connectivity index (χ1v) is 7.29. The molecular weight excluding hydrogens is 280 g/mol. The third-order valence-corrected chi connectivity index (χ3v) is 3.34. The van der Waals surface area contributed by atoms with Gasteiger partial charge >= 0.3 is 0 Å². The van der Waals surface area contributed by atoms with Crippen molar-refractivity contribution in [2.24, 2.45) is 0 Å². The van der Waals surface area contributed by atoms with Crippen molar-refractivity contribution < 1.29 is 9.59 Å². The number of hydrogen-bond donors (Lipinski definition) is 3. The van der Waals surface area contributed by atoms with Gasteiger partial charge in [0.2, 0.25) is 5.91 Å². The van der Waals surface area contributed by atoms with Crippen LogP contribution >= 0.6 is 0 Å². The molecule has 3 N–H and O–H groups in total. The van der Waals surface area contributed by atoms with Crippen LogP contribution in [0.4, 0.5) is 11.4 Å². The zero-order valence-electron chi connectivity index (χ0n) is 13.0. The third-order valence-electron chi connectivity index (χ3n) is 3.34. The number of aryl methyl sites for hydroxylation is 2. The van der Waals surface area contributed by atoms with Gasteiger partial charge in [-0.25, -0.2) is 0 Å². The van der Waals surface area contributed by atoms with Crippen molar-refractivity contribution in [3.8, 4) is 0 Å². The molecule has 6 nitrogen and oxygen atoms in total. The number of nitrogens with zero attached hydrogens (tertiary/aromatic N) is 1. The molecule has 2 amide bonds. The first kappa shape index (κ1) is 15.8. The largest absolute Gasteiger partial charge is 0.326 e. The van der Waals surface area contributed by atoms with Crippen molar-refractivity contribution in [1.29, 1.82) is 0 Å². The second-order valence-corrected chi connectivity index (χ2v) is 5.02. The average molecular weight is 300 g/mol. The van der Waals surface area contributed by atoms with Crippen molar-refractivity contribution in [3.63, 3.8) is 0 Å². The highest BCUT2D eigenvalue weighted by molar-refractivity contribution is 6.03. The lowest BCUT2D eigenvalue weighted by Crippen LogP contribution is -2.14. The Morgan fingerprint density at radius 2 is 1.95 bits per heavy atom. The minimum Gasteiger partial charge on any atom is -0.326 e. The van der Waals surface area contributed by atoms with Gasteiger partial charge in [-0.05, 0) is 37.1 Å². The maximum atomic E-state index is 12.2. The van der Waals surface area contributed by atoms with E-state index >= 15 is 0 Å². The van der Waals surface area contributed by atoms with Crippen molar-refractivity contribution >= 4 is 23.2 Å². The fraction of sp³-hybridized carbons (Fsp3) is 0.312. The van der Waals surface area contributed by atoms with E-state index in [1.807, 2.05) is 26.0 Å². The van der Waals surface area contributed by atoms with Gasteiger partial charge in [-0.15, -0.1) is 0 Å². The molecule has 0 aliphatic carbocycles. The second kappa shape index (κ2) is 6.89. The van der Waals surface area contributed by atoms with Gasteiger partial charge < -0.3 is 10.6 Å². The standard InChI is InChI=1S/C16H20N4O2/c1-4-11-8-14(20-19-11)16(22)18-13-9-12(7-6-10(13)3)17-15(21)5-2/h6-9H,4-5H2,1-3H3,(H,17,21)(H,18,22)(H,19,20). The lowest BCUT2D eigenvalue weighted by Gasteiger charge is -2.10. The molecule has 0 bridgehead atoms. The molecule has 0 saturated carbocycles. The monoisotopic (exact) mass is 300 g/mol. The molecule has 1 heterocycles. The number of H-pyrrole nitrogens is 1. The Labute approximate surface area is 129 Å². The molecule has 116 valence electrons. The Morgan fingerprint density at radius 1 is 1.18 bits per heavy atom. The molecular formula is C16H20N4O2. The Bertz CT molecular complexity index is 691. The van der Waals surface area contributed by atoms with Gasteiger partial charge in [0.25, 0.3) is 5.91 Å². The molecule has 0 radical (unpaired) electrons. The number of nitrogens with one attached hydrogen (secondary N) is 3. The Balaban J connectivity index is 2.15. The molecule has 0 atom stereocenters. The number of benzene rings is 1. The predicted octanol–water partition coefficient (Wildman–Crippen LogP) is 2.88. The maximum absolute atomic E-state index is 12.2. The minimum atomic E-state index is -0.280. The highest BCUT2D eigenvalue weighted by Gasteiger charge is 2.12. The highest BCUT2D eigenvalue weighted by atomic mass is 16.2. The number of carbonyl (C=O) groups excluding carboxylic acids is 2. The number of aromatic amines is 1. The molecule has 1 aromatic carbocycles.